The molecule has 6 heterocycles. The van der Waals surface area contributed by atoms with Crippen molar-refractivity contribution >= 4 is 131 Å². The lowest BCUT2D eigenvalue weighted by atomic mass is 9.98. The van der Waals surface area contributed by atoms with E-state index in [1.807, 2.05) is 0 Å². The van der Waals surface area contributed by atoms with Gasteiger partial charge in [-0.15, -0.1) is 0 Å². The van der Waals surface area contributed by atoms with Crippen molar-refractivity contribution in [2.24, 2.45) is 0 Å². The molecular weight excluding hydrogens is 1600 g/mol. The lowest BCUT2D eigenvalue weighted by Crippen LogP contribution is -1.97. The molecule has 132 heavy (non-hydrogen) atoms. The highest BCUT2D eigenvalue weighted by Gasteiger charge is 2.25. The third-order valence-corrected chi connectivity index (χ3v) is 26.7. The molecular formula is C126H84N6. The Morgan fingerprint density at radius 1 is 0.0833 bits per heavy atom. The van der Waals surface area contributed by atoms with Crippen LogP contribution in [0.1, 0.15) is 0 Å². The van der Waals surface area contributed by atoms with E-state index in [0.717, 1.165) is 28.4 Å². The standard InChI is InChI=1S/C48H32N2.C42H28N2.C36H24N2/c1-4-14-33(15-5-1)36-24-26-39(27-25-36)49-45-22-12-10-20-41(45)43-31-44-42-21-11-13-23-46(42)50(48(44)32-47(43)49)40-29-37(34-16-6-2-7-17-34)28-38(30-40)35-18-8-3-9-19-35;1-3-11-29(12-4-1)31-19-23-33(24-20-31)43-39-17-9-7-15-35(39)37-27-38-36-16-8-10-18-40(36)44(42(38)28-41(37)43)34-25-21-32(22-26-34)30-13-5-2-6-14-30;1-3-11-25(12-4-1)26-19-21-28(22-20-26)38-34-18-10-8-16-30(34)32-23-31-29-15-7-9-17-33(29)37(35(31)24-36(32)38)27-13-5-2-6-14-27/h1-32H;1-28H;1-24H. The van der Waals surface area contributed by atoms with E-state index in [-0.39, 0.29) is 0 Å². The number of hydrogen-bond acceptors (Lipinski definition) is 0. The van der Waals surface area contributed by atoms with Gasteiger partial charge in [-0.2, -0.15) is 0 Å². The first kappa shape index (κ1) is 76.8. The summed E-state index contributed by atoms with van der Waals surface area (Å²) in [6.07, 6.45) is 0. The van der Waals surface area contributed by atoms with Gasteiger partial charge in [0.25, 0.3) is 0 Å². The molecule has 0 N–H and O–H groups in total. The van der Waals surface area contributed by atoms with Crippen LogP contribution in [-0.2, 0) is 0 Å². The van der Waals surface area contributed by atoms with Gasteiger partial charge in [0, 0.05) is 98.8 Å². The van der Waals surface area contributed by atoms with Crippen LogP contribution in [0.2, 0.25) is 0 Å². The number of nitrogens with zero attached hydrogens (tertiary/aromatic N) is 6. The molecule has 0 bridgehead atoms. The molecule has 0 aliphatic rings. The molecule has 0 aliphatic carbocycles. The second-order valence-electron chi connectivity index (χ2n) is 34.3. The zero-order chi connectivity index (χ0) is 87.1. The van der Waals surface area contributed by atoms with Crippen molar-refractivity contribution in [3.8, 4) is 101 Å². The number of rotatable bonds is 12. The van der Waals surface area contributed by atoms with Crippen molar-refractivity contribution in [1.29, 1.82) is 0 Å². The predicted molar refractivity (Wildman–Crippen MR) is 558 cm³/mol. The summed E-state index contributed by atoms with van der Waals surface area (Å²) in [5, 5.41) is 15.2. The highest BCUT2D eigenvalue weighted by molar-refractivity contribution is 6.23. The summed E-state index contributed by atoms with van der Waals surface area (Å²) < 4.78 is 14.5. The number of benzene rings is 21. The SMILES string of the molecule is c1ccc(-c2ccc(-n3c4ccccc4c4cc5c6ccccc6n(-c6cc(-c7ccccc7)cc(-c7ccccc7)c6)c5cc43)cc2)cc1.c1ccc(-c2ccc(-n3c4ccccc4c4cc5c6ccccc6n(-c6ccc(-c7ccccc7)cc6)c5cc43)cc2)cc1.c1ccc(-c2ccc(-n3c4ccccc4c4cc5c6ccccc6n(-c6ccccc6)c5cc43)cc2)cc1. The maximum atomic E-state index is 2.46. The average molecular weight is 1680 g/mol. The van der Waals surface area contributed by atoms with Gasteiger partial charge in [0.2, 0.25) is 0 Å². The Labute approximate surface area is 763 Å². The van der Waals surface area contributed by atoms with Gasteiger partial charge in [-0.05, 0) is 218 Å². The zero-order valence-electron chi connectivity index (χ0n) is 72.2. The third-order valence-electron chi connectivity index (χ3n) is 26.7. The summed E-state index contributed by atoms with van der Waals surface area (Å²) in [5.41, 5.74) is 36.0. The van der Waals surface area contributed by atoms with Gasteiger partial charge < -0.3 is 27.4 Å². The normalized spacial score (nSPS) is 11.6. The van der Waals surface area contributed by atoms with Gasteiger partial charge in [0.15, 0.2) is 0 Å². The summed E-state index contributed by atoms with van der Waals surface area (Å²) in [6, 6.07) is 184. The third kappa shape index (κ3) is 13.3. The van der Waals surface area contributed by atoms with Crippen LogP contribution in [0, 0.1) is 0 Å². The fraction of sp³-hybridized carbons (Fsp3) is 0. The number of fused-ring (bicyclic) bond motifs is 18. The minimum absolute atomic E-state index is 1.14. The van der Waals surface area contributed by atoms with E-state index in [9.17, 15) is 0 Å². The van der Waals surface area contributed by atoms with Crippen LogP contribution in [0.4, 0.5) is 0 Å². The summed E-state index contributed by atoms with van der Waals surface area (Å²) in [7, 11) is 0. The molecule has 0 unspecified atom stereocenters. The second-order valence-corrected chi connectivity index (χ2v) is 34.3. The summed E-state index contributed by atoms with van der Waals surface area (Å²) in [5.74, 6) is 0. The first-order chi connectivity index (χ1) is 65.5. The van der Waals surface area contributed by atoms with E-state index in [0.29, 0.717) is 0 Å². The number of aromatic nitrogens is 6. The fourth-order valence-electron chi connectivity index (χ4n) is 20.6. The Kier molecular flexibility index (Phi) is 18.8. The summed E-state index contributed by atoms with van der Waals surface area (Å²) in [4.78, 5) is 0. The average Bonchev–Trinajstić information content (AvgIpc) is 1.57. The Hall–Kier alpha value is -17.6. The molecule has 0 saturated heterocycles. The van der Waals surface area contributed by atoms with E-state index in [2.05, 4.69) is 537 Å². The van der Waals surface area contributed by atoms with Crippen molar-refractivity contribution in [2.45, 2.75) is 0 Å². The lowest BCUT2D eigenvalue weighted by Gasteiger charge is -2.14. The van der Waals surface area contributed by atoms with Crippen molar-refractivity contribution in [3.63, 3.8) is 0 Å². The van der Waals surface area contributed by atoms with Gasteiger partial charge in [-0.1, -0.05) is 358 Å². The number of hydrogen-bond donors (Lipinski definition) is 0. The Morgan fingerprint density at radius 2 is 0.242 bits per heavy atom. The monoisotopic (exact) mass is 1680 g/mol. The maximum absolute atomic E-state index is 2.46. The van der Waals surface area contributed by atoms with Crippen molar-refractivity contribution < 1.29 is 0 Å². The molecule has 27 rings (SSSR count). The van der Waals surface area contributed by atoms with E-state index in [1.165, 1.54) is 203 Å². The van der Waals surface area contributed by atoms with E-state index in [1.54, 1.807) is 0 Å². The molecule has 6 nitrogen and oxygen atoms in total. The van der Waals surface area contributed by atoms with Crippen molar-refractivity contribution in [3.05, 3.63) is 510 Å². The molecule has 0 saturated carbocycles. The molecule has 0 amide bonds. The van der Waals surface area contributed by atoms with Gasteiger partial charge in [-0.25, -0.2) is 0 Å². The molecule has 0 aliphatic heterocycles. The fourth-order valence-corrected chi connectivity index (χ4v) is 20.6. The Bertz CT molecular complexity index is 8810. The minimum Gasteiger partial charge on any atom is -0.309 e. The van der Waals surface area contributed by atoms with Crippen LogP contribution < -0.4 is 0 Å². The molecule has 0 atom stereocenters. The molecule has 6 aromatic heterocycles. The largest absolute Gasteiger partial charge is 0.309 e. The van der Waals surface area contributed by atoms with Gasteiger partial charge in [0.1, 0.15) is 0 Å². The lowest BCUT2D eigenvalue weighted by molar-refractivity contribution is 1.16. The van der Waals surface area contributed by atoms with E-state index < -0.39 is 0 Å². The molecule has 0 fully saturated rings. The van der Waals surface area contributed by atoms with Gasteiger partial charge in [0.05, 0.1) is 66.2 Å². The summed E-state index contributed by atoms with van der Waals surface area (Å²) in [6.45, 7) is 0. The predicted octanol–water partition coefficient (Wildman–Crippen LogP) is 33.6. The van der Waals surface area contributed by atoms with Crippen LogP contribution in [-0.4, -0.2) is 27.4 Å². The smallest absolute Gasteiger partial charge is 0.0562 e. The quantitative estimate of drug-likeness (QED) is 0.117. The Morgan fingerprint density at radius 3 is 0.455 bits per heavy atom. The molecule has 21 aromatic carbocycles. The van der Waals surface area contributed by atoms with Gasteiger partial charge >= 0.3 is 0 Å². The Balaban J connectivity index is 0.000000107. The summed E-state index contributed by atoms with van der Waals surface area (Å²) >= 11 is 0. The molecule has 27 aromatic rings. The van der Waals surface area contributed by atoms with Crippen LogP contribution in [0.3, 0.4) is 0 Å². The van der Waals surface area contributed by atoms with Crippen LogP contribution in [0.5, 0.6) is 0 Å². The van der Waals surface area contributed by atoms with Crippen molar-refractivity contribution in [1.82, 2.24) is 27.4 Å². The molecule has 6 heteroatoms. The van der Waals surface area contributed by atoms with Gasteiger partial charge in [-0.3, -0.25) is 0 Å². The van der Waals surface area contributed by atoms with Crippen LogP contribution in [0.25, 0.3) is 232 Å². The minimum atomic E-state index is 1.14. The van der Waals surface area contributed by atoms with E-state index >= 15 is 0 Å². The topological polar surface area (TPSA) is 29.6 Å². The van der Waals surface area contributed by atoms with Crippen LogP contribution in [0.15, 0.2) is 510 Å². The van der Waals surface area contributed by atoms with Crippen LogP contribution >= 0.6 is 0 Å². The zero-order valence-corrected chi connectivity index (χ0v) is 72.2. The highest BCUT2D eigenvalue weighted by atomic mass is 15.0. The second kappa shape index (κ2) is 32.4. The highest BCUT2D eigenvalue weighted by Crippen LogP contribution is 2.46. The maximum Gasteiger partial charge on any atom is 0.0562 e. The van der Waals surface area contributed by atoms with Crippen molar-refractivity contribution in [2.75, 3.05) is 0 Å². The molecule has 0 spiro atoms. The van der Waals surface area contributed by atoms with E-state index in [4.69, 9.17) is 0 Å². The molecule has 0 radical (unpaired) electrons. The number of para-hydroxylation sites is 7. The molecule has 618 valence electrons. The first-order valence-electron chi connectivity index (χ1n) is 45.3. The first-order valence-corrected chi connectivity index (χ1v) is 45.3.